The van der Waals surface area contributed by atoms with Crippen molar-refractivity contribution in [3.63, 3.8) is 0 Å². The first-order chi connectivity index (χ1) is 14.1. The molecule has 2 aromatic rings. The van der Waals surface area contributed by atoms with Crippen molar-refractivity contribution in [2.45, 2.75) is 19.5 Å². The van der Waals surface area contributed by atoms with Crippen LogP contribution in [0, 0.1) is 0 Å². The molecule has 1 amide bonds. The molecule has 0 aromatic heterocycles. The van der Waals surface area contributed by atoms with E-state index < -0.39 is 0 Å². The van der Waals surface area contributed by atoms with Gasteiger partial charge in [-0.05, 0) is 34.9 Å². The van der Waals surface area contributed by atoms with E-state index in [1.54, 1.807) is 4.90 Å². The Morgan fingerprint density at radius 2 is 1.72 bits per heavy atom. The standard InChI is InChI=1S/C23H28ClN3O2/c1-25(15-18-2-5-21(24)6-3-18)23(28)17-27-11-9-26(10-12-27)16-19-4-7-22-20(14-19)8-13-29-22/h2-7,14H,8-13,15-17H2,1H3. The minimum Gasteiger partial charge on any atom is -0.493 e. The monoisotopic (exact) mass is 413 g/mol. The summed E-state index contributed by atoms with van der Waals surface area (Å²) in [6.45, 7) is 6.68. The minimum absolute atomic E-state index is 0.159. The Kier molecular flexibility index (Phi) is 6.38. The van der Waals surface area contributed by atoms with Crippen LogP contribution in [0.1, 0.15) is 16.7 Å². The number of nitrogens with zero attached hydrogens (tertiary/aromatic N) is 3. The van der Waals surface area contributed by atoms with Crippen LogP contribution in [-0.4, -0.2) is 67.0 Å². The van der Waals surface area contributed by atoms with Crippen molar-refractivity contribution < 1.29 is 9.53 Å². The van der Waals surface area contributed by atoms with Gasteiger partial charge in [-0.2, -0.15) is 0 Å². The Hall–Kier alpha value is -2.08. The van der Waals surface area contributed by atoms with E-state index in [9.17, 15) is 4.79 Å². The number of carbonyl (C=O) groups is 1. The van der Waals surface area contributed by atoms with E-state index in [1.165, 1.54) is 11.1 Å². The summed E-state index contributed by atoms with van der Waals surface area (Å²) in [5, 5.41) is 0.717. The summed E-state index contributed by atoms with van der Waals surface area (Å²) in [6, 6.07) is 14.2. The first-order valence-electron chi connectivity index (χ1n) is 10.2. The summed E-state index contributed by atoms with van der Waals surface area (Å²) >= 11 is 5.93. The van der Waals surface area contributed by atoms with Crippen LogP contribution in [0.4, 0.5) is 0 Å². The van der Waals surface area contributed by atoms with Gasteiger partial charge in [-0.15, -0.1) is 0 Å². The van der Waals surface area contributed by atoms with Crippen molar-refractivity contribution >= 4 is 17.5 Å². The van der Waals surface area contributed by atoms with E-state index in [0.29, 0.717) is 18.1 Å². The molecule has 2 heterocycles. The van der Waals surface area contributed by atoms with Crippen molar-refractivity contribution in [2.75, 3.05) is 46.4 Å². The number of ether oxygens (including phenoxy) is 1. The number of hydrogen-bond donors (Lipinski definition) is 0. The molecule has 5 nitrogen and oxygen atoms in total. The van der Waals surface area contributed by atoms with Gasteiger partial charge in [0.25, 0.3) is 0 Å². The number of benzene rings is 2. The summed E-state index contributed by atoms with van der Waals surface area (Å²) in [4.78, 5) is 19.1. The van der Waals surface area contributed by atoms with Gasteiger partial charge in [0.2, 0.25) is 5.91 Å². The fraction of sp³-hybridized carbons (Fsp3) is 0.435. The van der Waals surface area contributed by atoms with Crippen LogP contribution < -0.4 is 4.74 Å². The normalized spacial score (nSPS) is 17.0. The summed E-state index contributed by atoms with van der Waals surface area (Å²) in [6.07, 6.45) is 1.02. The SMILES string of the molecule is CN(Cc1ccc(Cl)cc1)C(=O)CN1CCN(Cc2ccc3c(c2)CCO3)CC1. The van der Waals surface area contributed by atoms with E-state index in [0.717, 1.165) is 57.1 Å². The molecule has 2 aliphatic rings. The number of halogens is 1. The molecular weight excluding hydrogens is 386 g/mol. The Labute approximate surface area is 177 Å². The molecule has 0 saturated carbocycles. The molecule has 29 heavy (non-hydrogen) atoms. The Bertz CT molecular complexity index is 848. The number of piperazine rings is 1. The summed E-state index contributed by atoms with van der Waals surface area (Å²) < 4.78 is 5.59. The van der Waals surface area contributed by atoms with Crippen LogP contribution in [-0.2, 0) is 24.3 Å². The number of carbonyl (C=O) groups excluding carboxylic acids is 1. The van der Waals surface area contributed by atoms with Gasteiger partial charge in [-0.25, -0.2) is 0 Å². The predicted molar refractivity (Wildman–Crippen MR) is 115 cm³/mol. The lowest BCUT2D eigenvalue weighted by molar-refractivity contribution is -0.132. The van der Waals surface area contributed by atoms with Crippen LogP contribution in [0.5, 0.6) is 5.75 Å². The molecule has 0 unspecified atom stereocenters. The molecule has 1 saturated heterocycles. The molecule has 0 bridgehead atoms. The molecule has 0 spiro atoms. The second kappa shape index (κ2) is 9.16. The van der Waals surface area contributed by atoms with Crippen LogP contribution in [0.15, 0.2) is 42.5 Å². The van der Waals surface area contributed by atoms with Gasteiger partial charge in [0.05, 0.1) is 13.2 Å². The quantitative estimate of drug-likeness (QED) is 0.729. The van der Waals surface area contributed by atoms with Crippen LogP contribution in [0.3, 0.4) is 0 Å². The number of amides is 1. The highest BCUT2D eigenvalue weighted by molar-refractivity contribution is 6.30. The largest absolute Gasteiger partial charge is 0.493 e. The fourth-order valence-corrected chi connectivity index (χ4v) is 4.09. The molecule has 0 N–H and O–H groups in total. The first kappa shape index (κ1) is 20.2. The van der Waals surface area contributed by atoms with Gasteiger partial charge >= 0.3 is 0 Å². The van der Waals surface area contributed by atoms with E-state index in [4.69, 9.17) is 16.3 Å². The van der Waals surface area contributed by atoms with Crippen LogP contribution >= 0.6 is 11.6 Å². The number of likely N-dealkylation sites (N-methyl/N-ethyl adjacent to an activating group) is 1. The molecule has 6 heteroatoms. The average Bonchev–Trinajstić information content (AvgIpc) is 3.19. The fourth-order valence-electron chi connectivity index (χ4n) is 3.97. The van der Waals surface area contributed by atoms with Crippen LogP contribution in [0.25, 0.3) is 0 Å². The van der Waals surface area contributed by atoms with Gasteiger partial charge < -0.3 is 9.64 Å². The molecule has 0 radical (unpaired) electrons. The molecular formula is C23H28ClN3O2. The molecule has 0 atom stereocenters. The third kappa shape index (κ3) is 5.30. The van der Waals surface area contributed by atoms with Gasteiger partial charge in [0.1, 0.15) is 5.75 Å². The Morgan fingerprint density at radius 3 is 2.48 bits per heavy atom. The van der Waals surface area contributed by atoms with Gasteiger partial charge in [0, 0.05) is 57.8 Å². The van der Waals surface area contributed by atoms with Crippen LogP contribution in [0.2, 0.25) is 5.02 Å². The Morgan fingerprint density at radius 1 is 1.03 bits per heavy atom. The van der Waals surface area contributed by atoms with Crippen molar-refractivity contribution in [3.8, 4) is 5.75 Å². The maximum atomic E-state index is 12.6. The smallest absolute Gasteiger partial charge is 0.236 e. The second-order valence-corrected chi connectivity index (χ2v) is 8.41. The third-order valence-corrected chi connectivity index (χ3v) is 5.99. The number of rotatable bonds is 6. The maximum absolute atomic E-state index is 12.6. The lowest BCUT2D eigenvalue weighted by Gasteiger charge is -2.35. The molecule has 4 rings (SSSR count). The van der Waals surface area contributed by atoms with Gasteiger partial charge in [-0.1, -0.05) is 35.9 Å². The van der Waals surface area contributed by atoms with Crippen molar-refractivity contribution in [1.29, 1.82) is 0 Å². The van der Waals surface area contributed by atoms with E-state index in [1.807, 2.05) is 31.3 Å². The molecule has 1 fully saturated rings. The number of fused-ring (bicyclic) bond motifs is 1. The van der Waals surface area contributed by atoms with E-state index in [-0.39, 0.29) is 5.91 Å². The lowest BCUT2D eigenvalue weighted by atomic mass is 10.1. The van der Waals surface area contributed by atoms with Crippen molar-refractivity contribution in [2.24, 2.45) is 0 Å². The molecule has 0 aliphatic carbocycles. The average molecular weight is 414 g/mol. The zero-order chi connectivity index (χ0) is 20.2. The van der Waals surface area contributed by atoms with Crippen molar-refractivity contribution in [1.82, 2.24) is 14.7 Å². The predicted octanol–water partition coefficient (Wildman–Crippen LogP) is 3.05. The van der Waals surface area contributed by atoms with Gasteiger partial charge in [-0.3, -0.25) is 14.6 Å². The zero-order valence-electron chi connectivity index (χ0n) is 16.9. The second-order valence-electron chi connectivity index (χ2n) is 7.97. The third-order valence-electron chi connectivity index (χ3n) is 5.74. The number of hydrogen-bond acceptors (Lipinski definition) is 4. The highest BCUT2D eigenvalue weighted by Crippen LogP contribution is 2.26. The topological polar surface area (TPSA) is 36.0 Å². The summed E-state index contributed by atoms with van der Waals surface area (Å²) in [5.41, 5.74) is 3.77. The highest BCUT2D eigenvalue weighted by Gasteiger charge is 2.21. The lowest BCUT2D eigenvalue weighted by Crippen LogP contribution is -2.49. The summed E-state index contributed by atoms with van der Waals surface area (Å²) in [5.74, 6) is 1.20. The Balaban J connectivity index is 1.22. The molecule has 154 valence electrons. The van der Waals surface area contributed by atoms with E-state index >= 15 is 0 Å². The van der Waals surface area contributed by atoms with Crippen molar-refractivity contribution in [3.05, 3.63) is 64.2 Å². The highest BCUT2D eigenvalue weighted by atomic mass is 35.5. The molecule has 2 aromatic carbocycles. The van der Waals surface area contributed by atoms with Gasteiger partial charge in [0.15, 0.2) is 0 Å². The maximum Gasteiger partial charge on any atom is 0.236 e. The minimum atomic E-state index is 0.159. The molecule has 2 aliphatic heterocycles. The zero-order valence-corrected chi connectivity index (χ0v) is 17.7. The van der Waals surface area contributed by atoms with E-state index in [2.05, 4.69) is 28.0 Å². The summed E-state index contributed by atoms with van der Waals surface area (Å²) in [7, 11) is 1.87. The first-order valence-corrected chi connectivity index (χ1v) is 10.6.